The van der Waals surface area contributed by atoms with Crippen LogP contribution in [0.15, 0.2) is 34.7 Å². The minimum absolute atomic E-state index is 0.106. The van der Waals surface area contributed by atoms with Gasteiger partial charge in [-0.15, -0.1) is 0 Å². The molecule has 3 rings (SSSR count). The number of nitro groups is 1. The van der Waals surface area contributed by atoms with Crippen molar-refractivity contribution in [2.75, 3.05) is 5.73 Å². The smallest absolute Gasteiger partial charge is 0.270 e. The van der Waals surface area contributed by atoms with Crippen LogP contribution in [0.4, 0.5) is 11.4 Å². The van der Waals surface area contributed by atoms with Gasteiger partial charge in [-0.2, -0.15) is 0 Å². The van der Waals surface area contributed by atoms with E-state index in [1.165, 1.54) is 24.3 Å². The number of nitrogen functional groups attached to an aromatic ring is 1. The fourth-order valence-electron chi connectivity index (χ4n) is 1.92. The molecule has 3 aromatic rings. The number of nitrogens with two attached hydrogens (primary N) is 1. The number of halogens is 2. The molecular formula is C13H7Cl2N3O3. The second-order valence-corrected chi connectivity index (χ2v) is 5.13. The predicted molar refractivity (Wildman–Crippen MR) is 80.5 cm³/mol. The lowest BCUT2D eigenvalue weighted by Crippen LogP contribution is -1.93. The quantitative estimate of drug-likeness (QED) is 0.431. The molecule has 0 aliphatic heterocycles. The van der Waals surface area contributed by atoms with Crippen molar-refractivity contribution in [2.45, 2.75) is 0 Å². The standard InChI is InChI=1S/C13H7Cl2N3O3/c14-6-3-9(15)12-11(4-6)17-13(21-12)8-5-7(18(19)20)1-2-10(8)16/h1-5H,16H2. The van der Waals surface area contributed by atoms with Crippen LogP contribution in [0.2, 0.25) is 10.0 Å². The van der Waals surface area contributed by atoms with Gasteiger partial charge in [0, 0.05) is 22.8 Å². The molecule has 2 aromatic carbocycles. The first kappa shape index (κ1) is 13.7. The molecule has 0 amide bonds. The van der Waals surface area contributed by atoms with Crippen LogP contribution in [-0.2, 0) is 0 Å². The summed E-state index contributed by atoms with van der Waals surface area (Å²) >= 11 is 11.9. The predicted octanol–water partition coefficient (Wildman–Crippen LogP) is 4.29. The Kier molecular flexibility index (Phi) is 3.19. The van der Waals surface area contributed by atoms with Crippen LogP contribution in [0.3, 0.4) is 0 Å². The molecule has 0 aliphatic carbocycles. The zero-order valence-corrected chi connectivity index (χ0v) is 11.9. The van der Waals surface area contributed by atoms with Gasteiger partial charge in [-0.3, -0.25) is 10.1 Å². The summed E-state index contributed by atoms with van der Waals surface area (Å²) in [7, 11) is 0. The van der Waals surface area contributed by atoms with E-state index in [0.717, 1.165) is 0 Å². The van der Waals surface area contributed by atoms with Gasteiger partial charge < -0.3 is 10.2 Å². The van der Waals surface area contributed by atoms with Crippen LogP contribution in [-0.4, -0.2) is 9.91 Å². The molecule has 0 unspecified atom stereocenters. The van der Waals surface area contributed by atoms with Crippen LogP contribution in [0.5, 0.6) is 0 Å². The van der Waals surface area contributed by atoms with Crippen LogP contribution in [0.1, 0.15) is 0 Å². The number of hydrogen-bond acceptors (Lipinski definition) is 5. The maximum atomic E-state index is 10.8. The minimum Gasteiger partial charge on any atom is -0.434 e. The summed E-state index contributed by atoms with van der Waals surface area (Å²) < 4.78 is 5.55. The lowest BCUT2D eigenvalue weighted by atomic mass is 10.1. The van der Waals surface area contributed by atoms with E-state index in [-0.39, 0.29) is 11.6 Å². The molecule has 6 nitrogen and oxygen atoms in total. The average molecular weight is 324 g/mol. The van der Waals surface area contributed by atoms with Crippen molar-refractivity contribution in [3.05, 3.63) is 50.5 Å². The number of nitro benzene ring substituents is 1. The lowest BCUT2D eigenvalue weighted by molar-refractivity contribution is -0.384. The number of non-ortho nitro benzene ring substituents is 1. The van der Waals surface area contributed by atoms with E-state index < -0.39 is 4.92 Å². The van der Waals surface area contributed by atoms with Gasteiger partial charge in [0.2, 0.25) is 5.89 Å². The highest BCUT2D eigenvalue weighted by molar-refractivity contribution is 6.38. The van der Waals surface area contributed by atoms with Crippen molar-refractivity contribution in [1.82, 2.24) is 4.98 Å². The number of nitrogens with zero attached hydrogens (tertiary/aromatic N) is 2. The van der Waals surface area contributed by atoms with Crippen LogP contribution >= 0.6 is 23.2 Å². The summed E-state index contributed by atoms with van der Waals surface area (Å²) in [4.78, 5) is 14.6. The van der Waals surface area contributed by atoms with E-state index in [0.29, 0.717) is 32.4 Å². The van der Waals surface area contributed by atoms with Crippen molar-refractivity contribution >= 4 is 45.7 Å². The van der Waals surface area contributed by atoms with Gasteiger partial charge in [-0.25, -0.2) is 4.98 Å². The molecule has 1 heterocycles. The number of hydrogen-bond donors (Lipinski definition) is 1. The minimum atomic E-state index is -0.518. The fraction of sp³-hybridized carbons (Fsp3) is 0. The molecule has 8 heteroatoms. The molecule has 0 saturated heterocycles. The highest BCUT2D eigenvalue weighted by Crippen LogP contribution is 2.35. The number of fused-ring (bicyclic) bond motifs is 1. The molecule has 0 spiro atoms. The second-order valence-electron chi connectivity index (χ2n) is 4.28. The van der Waals surface area contributed by atoms with Crippen molar-refractivity contribution in [2.24, 2.45) is 0 Å². The number of aromatic nitrogens is 1. The lowest BCUT2D eigenvalue weighted by Gasteiger charge is -2.00. The topological polar surface area (TPSA) is 95.2 Å². The summed E-state index contributed by atoms with van der Waals surface area (Å²) in [6.45, 7) is 0. The number of benzene rings is 2. The summed E-state index contributed by atoms with van der Waals surface area (Å²) in [6, 6.07) is 7.15. The monoisotopic (exact) mass is 323 g/mol. The third-order valence-electron chi connectivity index (χ3n) is 2.89. The van der Waals surface area contributed by atoms with E-state index in [1.807, 2.05) is 0 Å². The van der Waals surface area contributed by atoms with Gasteiger partial charge in [-0.05, 0) is 18.2 Å². The molecule has 0 radical (unpaired) electrons. The zero-order chi connectivity index (χ0) is 15.1. The van der Waals surface area contributed by atoms with Crippen molar-refractivity contribution in [3.63, 3.8) is 0 Å². The largest absolute Gasteiger partial charge is 0.434 e. The first-order valence-electron chi connectivity index (χ1n) is 5.75. The Bertz CT molecular complexity index is 876. The molecular weight excluding hydrogens is 317 g/mol. The van der Waals surface area contributed by atoms with E-state index in [2.05, 4.69) is 4.98 Å². The highest BCUT2D eigenvalue weighted by atomic mass is 35.5. The molecule has 21 heavy (non-hydrogen) atoms. The van der Waals surface area contributed by atoms with Gasteiger partial charge in [0.05, 0.1) is 15.5 Å². The molecule has 106 valence electrons. The first-order chi connectivity index (χ1) is 9.95. The summed E-state index contributed by atoms with van der Waals surface area (Å²) in [5, 5.41) is 11.6. The maximum Gasteiger partial charge on any atom is 0.270 e. The first-order valence-corrected chi connectivity index (χ1v) is 6.51. The van der Waals surface area contributed by atoms with Gasteiger partial charge in [0.15, 0.2) is 5.58 Å². The van der Waals surface area contributed by atoms with E-state index in [1.54, 1.807) is 6.07 Å². The number of anilines is 1. The Hall–Kier alpha value is -2.31. The van der Waals surface area contributed by atoms with Crippen molar-refractivity contribution in [1.29, 1.82) is 0 Å². The summed E-state index contributed by atoms with van der Waals surface area (Å²) in [6.07, 6.45) is 0. The van der Waals surface area contributed by atoms with Crippen LogP contribution < -0.4 is 5.73 Å². The maximum absolute atomic E-state index is 10.8. The number of oxazole rings is 1. The zero-order valence-electron chi connectivity index (χ0n) is 10.3. The Morgan fingerprint density at radius 1 is 1.24 bits per heavy atom. The van der Waals surface area contributed by atoms with Gasteiger partial charge in [0.1, 0.15) is 5.52 Å². The van der Waals surface area contributed by atoms with Crippen LogP contribution in [0, 0.1) is 10.1 Å². The van der Waals surface area contributed by atoms with E-state index >= 15 is 0 Å². The SMILES string of the molecule is Nc1ccc([N+](=O)[O-])cc1-c1nc2cc(Cl)cc(Cl)c2o1. The molecule has 1 aromatic heterocycles. The Balaban J connectivity index is 2.23. The number of rotatable bonds is 2. The Morgan fingerprint density at radius 3 is 2.71 bits per heavy atom. The van der Waals surface area contributed by atoms with Gasteiger partial charge in [0.25, 0.3) is 5.69 Å². The molecule has 0 bridgehead atoms. The molecule has 0 aliphatic rings. The van der Waals surface area contributed by atoms with Gasteiger partial charge >= 0.3 is 0 Å². The van der Waals surface area contributed by atoms with E-state index in [4.69, 9.17) is 33.4 Å². The third-order valence-corrected chi connectivity index (χ3v) is 3.39. The van der Waals surface area contributed by atoms with Crippen LogP contribution in [0.25, 0.3) is 22.6 Å². The van der Waals surface area contributed by atoms with E-state index in [9.17, 15) is 10.1 Å². The average Bonchev–Trinajstić information content (AvgIpc) is 2.82. The Labute approximate surface area is 128 Å². The van der Waals surface area contributed by atoms with Crippen molar-refractivity contribution < 1.29 is 9.34 Å². The second kappa shape index (κ2) is 4.91. The highest BCUT2D eigenvalue weighted by Gasteiger charge is 2.17. The molecule has 0 atom stereocenters. The van der Waals surface area contributed by atoms with Crippen molar-refractivity contribution in [3.8, 4) is 11.5 Å². The third kappa shape index (κ3) is 2.39. The van der Waals surface area contributed by atoms with Gasteiger partial charge in [-0.1, -0.05) is 23.2 Å². The summed E-state index contributed by atoms with van der Waals surface area (Å²) in [5.41, 5.74) is 7.17. The summed E-state index contributed by atoms with van der Waals surface area (Å²) in [5.74, 6) is 0.148. The fourth-order valence-corrected chi connectivity index (χ4v) is 2.44. The molecule has 0 saturated carbocycles. The molecule has 0 fully saturated rings. The molecule has 2 N–H and O–H groups in total. The Morgan fingerprint density at radius 2 is 2.00 bits per heavy atom. The normalized spacial score (nSPS) is 11.0.